The maximum absolute atomic E-state index is 5.96. The summed E-state index contributed by atoms with van der Waals surface area (Å²) in [7, 11) is 0. The first-order chi connectivity index (χ1) is 6.68. The molecule has 0 aromatic carbocycles. The molecule has 84 valence electrons. The quantitative estimate of drug-likeness (QED) is 0.775. The molecule has 15 heavy (non-hydrogen) atoms. The minimum atomic E-state index is 0. The number of hydrogen-bond donors (Lipinski definition) is 1. The van der Waals surface area contributed by atoms with Crippen molar-refractivity contribution in [3.8, 4) is 0 Å². The molecule has 1 unspecified atom stereocenters. The Morgan fingerprint density at radius 3 is 2.87 bits per heavy atom. The lowest BCUT2D eigenvalue weighted by molar-refractivity contribution is 0.700. The van der Waals surface area contributed by atoms with E-state index in [0.29, 0.717) is 5.15 Å². The highest BCUT2D eigenvalue weighted by molar-refractivity contribution is 6.30. The van der Waals surface area contributed by atoms with Gasteiger partial charge in [0.25, 0.3) is 0 Å². The third-order valence-corrected chi connectivity index (χ3v) is 3.03. The highest BCUT2D eigenvalue weighted by Crippen LogP contribution is 2.25. The van der Waals surface area contributed by atoms with E-state index >= 15 is 0 Å². The van der Waals surface area contributed by atoms with Crippen molar-refractivity contribution in [3.05, 3.63) is 23.0 Å². The van der Waals surface area contributed by atoms with Gasteiger partial charge in [0.1, 0.15) is 5.15 Å². The number of halogens is 2. The van der Waals surface area contributed by atoms with Gasteiger partial charge in [-0.2, -0.15) is 0 Å². The van der Waals surface area contributed by atoms with E-state index in [1.165, 1.54) is 0 Å². The molecule has 1 saturated heterocycles. The van der Waals surface area contributed by atoms with Crippen LogP contribution in [0.4, 0.5) is 5.69 Å². The molecule has 0 aliphatic carbocycles. The summed E-state index contributed by atoms with van der Waals surface area (Å²) in [6.45, 7) is 2.98. The number of hydrogen-bond acceptors (Lipinski definition) is 3. The summed E-state index contributed by atoms with van der Waals surface area (Å²) in [5, 5.41) is 0.571. The molecule has 1 aromatic heterocycles. The minimum Gasteiger partial charge on any atom is -0.355 e. The fraction of sp³-hybridized carbons (Fsp3) is 0.500. The number of anilines is 1. The lowest BCUT2D eigenvalue weighted by Crippen LogP contribution is -2.36. The summed E-state index contributed by atoms with van der Waals surface area (Å²) in [6, 6.07) is 2.04. The van der Waals surface area contributed by atoms with Crippen molar-refractivity contribution in [2.45, 2.75) is 25.9 Å². The molecule has 5 heteroatoms. The summed E-state index contributed by atoms with van der Waals surface area (Å²) in [6.07, 6.45) is 4.14. The number of aryl methyl sites for hydroxylation is 1. The molecular weight excluding hydrogens is 233 g/mol. The molecular formula is C10H15Cl2N3. The summed E-state index contributed by atoms with van der Waals surface area (Å²) >= 11 is 5.86. The monoisotopic (exact) mass is 247 g/mol. The number of nitrogens with zero attached hydrogens (tertiary/aromatic N) is 2. The Morgan fingerprint density at radius 1 is 1.60 bits per heavy atom. The van der Waals surface area contributed by atoms with E-state index in [0.717, 1.165) is 30.6 Å². The van der Waals surface area contributed by atoms with Crippen molar-refractivity contribution in [1.29, 1.82) is 0 Å². The molecule has 0 radical (unpaired) electrons. The average molecular weight is 248 g/mol. The summed E-state index contributed by atoms with van der Waals surface area (Å²) in [4.78, 5) is 6.30. The Labute approximate surface area is 101 Å². The van der Waals surface area contributed by atoms with Crippen LogP contribution >= 0.6 is 24.0 Å². The third-order valence-electron chi connectivity index (χ3n) is 2.63. The molecule has 1 aromatic rings. The maximum Gasteiger partial charge on any atom is 0.132 e. The van der Waals surface area contributed by atoms with Gasteiger partial charge in [-0.05, 0) is 31.4 Å². The zero-order valence-corrected chi connectivity index (χ0v) is 10.2. The van der Waals surface area contributed by atoms with Gasteiger partial charge in [-0.3, -0.25) is 0 Å². The maximum atomic E-state index is 5.96. The molecule has 0 saturated carbocycles. The molecule has 2 N–H and O–H groups in total. The number of aromatic nitrogens is 1. The lowest BCUT2D eigenvalue weighted by atomic mass is 10.3. The molecule has 1 atom stereocenters. The van der Waals surface area contributed by atoms with E-state index in [1.807, 2.05) is 13.0 Å². The smallest absolute Gasteiger partial charge is 0.132 e. The SMILES string of the molecule is Cc1cc(N2CCCC2N)cnc1Cl.Cl. The highest BCUT2D eigenvalue weighted by atomic mass is 35.5. The Bertz CT molecular complexity index is 343. The molecule has 2 rings (SSSR count). The first-order valence-corrected chi connectivity index (χ1v) is 5.20. The van der Waals surface area contributed by atoms with Gasteiger partial charge in [-0.1, -0.05) is 11.6 Å². The van der Waals surface area contributed by atoms with Crippen LogP contribution in [0.5, 0.6) is 0 Å². The molecule has 1 aliphatic rings. The van der Waals surface area contributed by atoms with Crippen LogP contribution in [0.3, 0.4) is 0 Å². The second kappa shape index (κ2) is 5.01. The van der Waals surface area contributed by atoms with Gasteiger partial charge < -0.3 is 10.6 Å². The van der Waals surface area contributed by atoms with Gasteiger partial charge in [0, 0.05) is 6.54 Å². The van der Waals surface area contributed by atoms with Crippen molar-refractivity contribution >= 4 is 29.7 Å². The Morgan fingerprint density at radius 2 is 2.33 bits per heavy atom. The van der Waals surface area contributed by atoms with Crippen LogP contribution in [0.15, 0.2) is 12.3 Å². The first kappa shape index (κ1) is 12.6. The minimum absolute atomic E-state index is 0. The molecule has 2 heterocycles. The fourth-order valence-electron chi connectivity index (χ4n) is 1.81. The topological polar surface area (TPSA) is 42.1 Å². The average Bonchev–Trinajstić information content (AvgIpc) is 2.57. The number of nitrogens with two attached hydrogens (primary N) is 1. The van der Waals surface area contributed by atoms with E-state index in [1.54, 1.807) is 6.20 Å². The molecule has 0 bridgehead atoms. The summed E-state index contributed by atoms with van der Waals surface area (Å²) in [5.41, 5.74) is 8.05. The predicted octanol–water partition coefficient (Wildman–Crippen LogP) is 2.35. The van der Waals surface area contributed by atoms with Crippen molar-refractivity contribution in [3.63, 3.8) is 0 Å². The summed E-state index contributed by atoms with van der Waals surface area (Å²) in [5.74, 6) is 0. The fourth-order valence-corrected chi connectivity index (χ4v) is 1.92. The number of rotatable bonds is 1. The van der Waals surface area contributed by atoms with E-state index in [4.69, 9.17) is 17.3 Å². The van der Waals surface area contributed by atoms with Crippen LogP contribution in [-0.4, -0.2) is 17.7 Å². The van der Waals surface area contributed by atoms with Gasteiger partial charge in [0.2, 0.25) is 0 Å². The second-order valence-electron chi connectivity index (χ2n) is 3.70. The second-order valence-corrected chi connectivity index (χ2v) is 4.06. The van der Waals surface area contributed by atoms with Crippen molar-refractivity contribution in [2.24, 2.45) is 5.73 Å². The molecule has 3 nitrogen and oxygen atoms in total. The summed E-state index contributed by atoms with van der Waals surface area (Å²) < 4.78 is 0. The van der Waals surface area contributed by atoms with Gasteiger partial charge in [0.05, 0.1) is 18.1 Å². The van der Waals surface area contributed by atoms with Crippen LogP contribution in [0, 0.1) is 6.92 Å². The van der Waals surface area contributed by atoms with Crippen LogP contribution in [0.25, 0.3) is 0 Å². The van der Waals surface area contributed by atoms with Gasteiger partial charge in [-0.25, -0.2) is 4.98 Å². The van der Waals surface area contributed by atoms with Gasteiger partial charge in [-0.15, -0.1) is 12.4 Å². The zero-order valence-electron chi connectivity index (χ0n) is 8.61. The van der Waals surface area contributed by atoms with E-state index in [-0.39, 0.29) is 18.6 Å². The Hall–Kier alpha value is -0.510. The van der Waals surface area contributed by atoms with Gasteiger partial charge in [0.15, 0.2) is 0 Å². The van der Waals surface area contributed by atoms with Gasteiger partial charge >= 0.3 is 0 Å². The Balaban J connectivity index is 0.00000112. The number of pyridine rings is 1. The van der Waals surface area contributed by atoms with Crippen molar-refractivity contribution < 1.29 is 0 Å². The lowest BCUT2D eigenvalue weighted by Gasteiger charge is -2.23. The van der Waals surface area contributed by atoms with Crippen molar-refractivity contribution in [1.82, 2.24) is 4.98 Å². The molecule has 0 amide bonds. The van der Waals surface area contributed by atoms with Crippen LogP contribution < -0.4 is 10.6 Å². The van der Waals surface area contributed by atoms with E-state index in [9.17, 15) is 0 Å². The van der Waals surface area contributed by atoms with Crippen molar-refractivity contribution in [2.75, 3.05) is 11.4 Å². The molecule has 1 fully saturated rings. The van der Waals surface area contributed by atoms with E-state index in [2.05, 4.69) is 9.88 Å². The largest absolute Gasteiger partial charge is 0.355 e. The first-order valence-electron chi connectivity index (χ1n) is 4.83. The van der Waals surface area contributed by atoms with Crippen LogP contribution in [0.1, 0.15) is 18.4 Å². The predicted molar refractivity (Wildman–Crippen MR) is 65.8 cm³/mol. The standard InChI is InChI=1S/C10H14ClN3.ClH/c1-7-5-8(6-13-10(7)11)14-4-2-3-9(14)12;/h5-6,9H,2-4,12H2,1H3;1H. The molecule has 1 aliphatic heterocycles. The van der Waals surface area contributed by atoms with Crippen LogP contribution in [0.2, 0.25) is 5.15 Å². The highest BCUT2D eigenvalue weighted by Gasteiger charge is 2.21. The third kappa shape index (κ3) is 2.54. The van der Waals surface area contributed by atoms with Crippen LogP contribution in [-0.2, 0) is 0 Å². The molecule has 0 spiro atoms. The normalized spacial score (nSPS) is 20.2. The Kier molecular flexibility index (Phi) is 4.20. The van der Waals surface area contributed by atoms with E-state index < -0.39 is 0 Å². The zero-order chi connectivity index (χ0) is 10.1.